The van der Waals surface area contributed by atoms with Crippen molar-refractivity contribution in [2.75, 3.05) is 0 Å². The summed E-state index contributed by atoms with van der Waals surface area (Å²) >= 11 is 1.73. The van der Waals surface area contributed by atoms with Gasteiger partial charge in [-0.3, -0.25) is 0 Å². The minimum atomic E-state index is 0.939. The lowest BCUT2D eigenvalue weighted by Gasteiger charge is -2.07. The Morgan fingerprint density at radius 3 is 1.14 bits per heavy atom. The lowest BCUT2D eigenvalue weighted by Crippen LogP contribution is -2.31. The van der Waals surface area contributed by atoms with Crippen LogP contribution in [0.2, 0.25) is 0 Å². The van der Waals surface area contributed by atoms with E-state index in [1.807, 2.05) is 46.9 Å². The molecule has 0 atom stereocenters. The van der Waals surface area contributed by atoms with Gasteiger partial charge in [0, 0.05) is 97.7 Å². The maximum absolute atomic E-state index is 6.37. The van der Waals surface area contributed by atoms with Crippen LogP contribution in [0.1, 0.15) is 28.1 Å². The second-order valence-electron chi connectivity index (χ2n) is 21.1. The molecule has 0 aliphatic carbocycles. The molecule has 0 saturated heterocycles. The van der Waals surface area contributed by atoms with Crippen LogP contribution in [0, 0.1) is 34.6 Å². The monoisotopic (exact) mass is 1060 g/mol. The summed E-state index contributed by atoms with van der Waals surface area (Å²) in [6.07, 6.45) is 5.61. The first kappa shape index (κ1) is 48.7. The van der Waals surface area contributed by atoms with E-state index in [-0.39, 0.29) is 0 Å². The number of nitrogens with zero attached hydrogens (tertiary/aromatic N) is 6. The standard InChI is InChI=1S/C24H17N2OS.2C23H19N2O/c1-14-17(22-24-20(9-10-28-24)25-13-26(22)2)7-8-18-19-11-15-5-3-4-6-16(15)12-21(19)27-23(14)18;2*1-14-10-21(25(3)13-24-14)18-8-9-19-20-11-16-6-4-5-7-17(16)12-22(20)26-23(19)15(18)2/h3-13H,1-2H3;2*4-13H,1-3H3/q3*+1. The molecule has 9 aromatic carbocycles. The second kappa shape index (κ2) is 19.1. The van der Waals surface area contributed by atoms with Crippen molar-refractivity contribution in [3.63, 3.8) is 0 Å². The summed E-state index contributed by atoms with van der Waals surface area (Å²) in [4.78, 5) is 13.3. The number of benzene rings is 9. The van der Waals surface area contributed by atoms with Crippen molar-refractivity contribution in [2.45, 2.75) is 34.6 Å². The Morgan fingerprint density at radius 2 is 0.725 bits per heavy atom. The quantitative estimate of drug-likeness (QED) is 0.164. The molecule has 0 bridgehead atoms. The van der Waals surface area contributed by atoms with Crippen LogP contribution < -0.4 is 13.7 Å². The molecule has 0 amide bonds. The predicted molar refractivity (Wildman–Crippen MR) is 326 cm³/mol. The highest BCUT2D eigenvalue weighted by Crippen LogP contribution is 2.41. The Balaban J connectivity index is 0.000000108. The number of fused-ring (bicyclic) bond motifs is 13. The minimum Gasteiger partial charge on any atom is -0.456 e. The van der Waals surface area contributed by atoms with Crippen LogP contribution in [0.5, 0.6) is 0 Å². The van der Waals surface area contributed by atoms with E-state index in [0.717, 1.165) is 78.5 Å². The summed E-state index contributed by atoms with van der Waals surface area (Å²) in [6, 6.07) is 57.8. The van der Waals surface area contributed by atoms with Gasteiger partial charge in [-0.1, -0.05) is 82.8 Å². The van der Waals surface area contributed by atoms with Gasteiger partial charge >= 0.3 is 0 Å². The summed E-state index contributed by atoms with van der Waals surface area (Å²) in [5.41, 5.74) is 19.2. The first-order valence-electron chi connectivity index (χ1n) is 26.9. The smallest absolute Gasteiger partial charge is 0.287 e. The molecule has 0 radical (unpaired) electrons. The Labute approximate surface area is 464 Å². The van der Waals surface area contributed by atoms with E-state index in [1.54, 1.807) is 11.3 Å². The lowest BCUT2D eigenvalue weighted by molar-refractivity contribution is -0.663. The predicted octanol–water partition coefficient (Wildman–Crippen LogP) is 16.6. The zero-order valence-electron chi connectivity index (χ0n) is 45.7. The van der Waals surface area contributed by atoms with E-state index >= 15 is 0 Å². The normalized spacial score (nSPS) is 11.8. The largest absolute Gasteiger partial charge is 0.456 e. The summed E-state index contributed by atoms with van der Waals surface area (Å²) in [6.45, 7) is 10.5. The SMILES string of the molecule is Cc1c(-c2c3sccc3nc[n+]2C)ccc2c1oc1cc3ccccc3cc12.Cc1cc(-c2ccc3c(oc4cc5ccccc5cc43)c2C)[n+](C)cn1.Cc1cc(-c2ccc3c(oc4cc5ccccc5cc43)c2C)[n+](C)cn1. The van der Waals surface area contributed by atoms with E-state index in [9.17, 15) is 0 Å². The van der Waals surface area contributed by atoms with Gasteiger partial charge in [-0.2, -0.15) is 0 Å². The highest BCUT2D eigenvalue weighted by Gasteiger charge is 2.23. The molecular weight excluding hydrogens is 1000 g/mol. The maximum Gasteiger partial charge on any atom is 0.287 e. The molecule has 0 unspecified atom stereocenters. The van der Waals surface area contributed by atoms with Crippen LogP contribution in [0.15, 0.2) is 201 Å². The van der Waals surface area contributed by atoms with Crippen molar-refractivity contribution >= 4 is 120 Å². The number of furan rings is 3. The van der Waals surface area contributed by atoms with Crippen molar-refractivity contribution in [1.29, 1.82) is 0 Å². The van der Waals surface area contributed by atoms with E-state index in [1.165, 1.54) is 91.7 Å². The Bertz CT molecular complexity index is 4990. The average molecular weight is 1060 g/mol. The fraction of sp³-hybridized carbons (Fsp3) is 0.114. The van der Waals surface area contributed by atoms with Gasteiger partial charge in [0.15, 0.2) is 22.6 Å². The highest BCUT2D eigenvalue weighted by molar-refractivity contribution is 7.17. The number of aromatic nitrogens is 6. The van der Waals surface area contributed by atoms with Gasteiger partial charge in [0.25, 0.3) is 19.0 Å². The van der Waals surface area contributed by atoms with Gasteiger partial charge in [-0.05, 0) is 136 Å². The van der Waals surface area contributed by atoms with Gasteiger partial charge in [0.05, 0.1) is 21.1 Å². The molecule has 0 spiro atoms. The Hall–Kier alpha value is -9.64. The molecule has 9 nitrogen and oxygen atoms in total. The van der Waals surface area contributed by atoms with Crippen LogP contribution in [0.25, 0.3) is 142 Å². The molecule has 16 aromatic rings. The molecule has 16 rings (SSSR count). The van der Waals surface area contributed by atoms with Gasteiger partial charge in [-0.15, -0.1) is 11.3 Å². The van der Waals surface area contributed by atoms with Crippen molar-refractivity contribution < 1.29 is 27.0 Å². The Kier molecular flexibility index (Phi) is 11.6. The fourth-order valence-corrected chi connectivity index (χ4v) is 12.7. The van der Waals surface area contributed by atoms with Gasteiger partial charge in [0.2, 0.25) is 0 Å². The van der Waals surface area contributed by atoms with Crippen LogP contribution in [-0.4, -0.2) is 15.0 Å². The molecule has 0 N–H and O–H groups in total. The molecule has 0 aliphatic rings. The van der Waals surface area contributed by atoms with E-state index in [4.69, 9.17) is 13.3 Å². The molecule has 10 heteroatoms. The van der Waals surface area contributed by atoms with Crippen LogP contribution in [-0.2, 0) is 21.1 Å². The van der Waals surface area contributed by atoms with Crippen molar-refractivity contribution in [1.82, 2.24) is 15.0 Å². The number of rotatable bonds is 3. The summed E-state index contributed by atoms with van der Waals surface area (Å²) in [5, 5.41) is 16.4. The summed E-state index contributed by atoms with van der Waals surface area (Å²) in [7, 11) is 6.10. The number of thiophene rings is 1. The molecule has 0 fully saturated rings. The number of hydrogen-bond acceptors (Lipinski definition) is 7. The molecular formula is C70H55N6O3S+3. The molecule has 80 heavy (non-hydrogen) atoms. The van der Waals surface area contributed by atoms with Crippen molar-refractivity contribution in [3.05, 3.63) is 216 Å². The molecule has 0 saturated carbocycles. The van der Waals surface area contributed by atoms with Crippen molar-refractivity contribution in [3.8, 4) is 33.8 Å². The molecule has 386 valence electrons. The summed E-state index contributed by atoms with van der Waals surface area (Å²) < 4.78 is 26.4. The maximum atomic E-state index is 6.37. The van der Waals surface area contributed by atoms with Crippen molar-refractivity contribution in [2.24, 2.45) is 21.1 Å². The number of hydrogen-bond donors (Lipinski definition) is 0. The van der Waals surface area contributed by atoms with Gasteiger partial charge < -0.3 is 13.3 Å². The average Bonchev–Trinajstić information content (AvgIpc) is 4.32. The molecule has 0 aliphatic heterocycles. The van der Waals surface area contributed by atoms with Gasteiger partial charge in [-0.25, -0.2) is 13.7 Å². The Morgan fingerprint density at radius 1 is 0.362 bits per heavy atom. The van der Waals surface area contributed by atoms with Crippen LogP contribution in [0.4, 0.5) is 0 Å². The van der Waals surface area contributed by atoms with Gasteiger partial charge in [0.1, 0.15) is 49.6 Å². The first-order valence-corrected chi connectivity index (χ1v) is 27.7. The fourth-order valence-electron chi connectivity index (χ4n) is 11.7. The number of aryl methyl sites for hydroxylation is 8. The zero-order chi connectivity index (χ0) is 54.5. The third kappa shape index (κ3) is 8.13. The zero-order valence-corrected chi connectivity index (χ0v) is 46.5. The first-order chi connectivity index (χ1) is 38.9. The van der Waals surface area contributed by atoms with Crippen LogP contribution >= 0.6 is 11.3 Å². The third-order valence-corrected chi connectivity index (χ3v) is 16.9. The van der Waals surface area contributed by atoms with E-state index < -0.39 is 0 Å². The second-order valence-corrected chi connectivity index (χ2v) is 22.0. The summed E-state index contributed by atoms with van der Waals surface area (Å²) in [5.74, 6) is 0. The van der Waals surface area contributed by atoms with E-state index in [2.05, 4.69) is 226 Å². The van der Waals surface area contributed by atoms with Crippen LogP contribution in [0.3, 0.4) is 0 Å². The van der Waals surface area contributed by atoms with E-state index in [0.29, 0.717) is 0 Å². The lowest BCUT2D eigenvalue weighted by atomic mass is 10.00. The molecule has 7 heterocycles. The molecule has 7 aromatic heterocycles. The highest BCUT2D eigenvalue weighted by atomic mass is 32.1. The third-order valence-electron chi connectivity index (χ3n) is 16.0. The topological polar surface area (TPSA) is 89.7 Å². The minimum absolute atomic E-state index is 0.939.